The molecule has 1 aliphatic carbocycles. The number of nitrogens with zero attached hydrogens (tertiary/aromatic N) is 2. The van der Waals surface area contributed by atoms with Crippen molar-refractivity contribution in [1.29, 1.82) is 0 Å². The van der Waals surface area contributed by atoms with Crippen molar-refractivity contribution in [1.82, 2.24) is 9.97 Å². The number of nitrogens with one attached hydrogen (secondary N) is 2. The predicted octanol–water partition coefficient (Wildman–Crippen LogP) is 1.80. The Morgan fingerprint density at radius 3 is 2.56 bits per heavy atom. The zero-order valence-electron chi connectivity index (χ0n) is 11.2. The largest absolute Gasteiger partial charge is 0.394 e. The van der Waals surface area contributed by atoms with Crippen LogP contribution in [-0.4, -0.2) is 33.8 Å². The molecule has 0 atom stereocenters. The average Bonchev–Trinajstić information content (AvgIpc) is 3.10. The standard InChI is InChI=1S/C13H22N4O/c1-3-5-10-15-11(14-4-2)8-12(16-10)17-13(9-18)6-7-13/h8,18H,3-7,9H2,1-2H3,(H2,14,15,16,17). The van der Waals surface area contributed by atoms with Crippen molar-refractivity contribution in [3.8, 4) is 0 Å². The van der Waals surface area contributed by atoms with Gasteiger partial charge in [-0.05, 0) is 26.2 Å². The predicted molar refractivity (Wildman–Crippen MR) is 72.9 cm³/mol. The van der Waals surface area contributed by atoms with Gasteiger partial charge in [0, 0.05) is 19.0 Å². The minimum atomic E-state index is -0.138. The molecule has 1 aliphatic rings. The molecule has 0 spiro atoms. The molecule has 18 heavy (non-hydrogen) atoms. The molecule has 5 heteroatoms. The summed E-state index contributed by atoms with van der Waals surface area (Å²) in [4.78, 5) is 8.97. The molecule has 0 aromatic carbocycles. The fourth-order valence-electron chi connectivity index (χ4n) is 1.91. The van der Waals surface area contributed by atoms with Crippen molar-refractivity contribution < 1.29 is 5.11 Å². The van der Waals surface area contributed by atoms with E-state index in [9.17, 15) is 5.11 Å². The van der Waals surface area contributed by atoms with E-state index in [2.05, 4.69) is 27.5 Å². The van der Waals surface area contributed by atoms with Gasteiger partial charge < -0.3 is 15.7 Å². The van der Waals surface area contributed by atoms with Crippen LogP contribution < -0.4 is 10.6 Å². The molecular formula is C13H22N4O. The number of anilines is 2. The van der Waals surface area contributed by atoms with Crippen LogP contribution in [0.1, 0.15) is 38.9 Å². The molecule has 0 saturated heterocycles. The molecule has 1 heterocycles. The highest BCUT2D eigenvalue weighted by molar-refractivity contribution is 5.50. The summed E-state index contributed by atoms with van der Waals surface area (Å²) in [7, 11) is 0. The van der Waals surface area contributed by atoms with Gasteiger partial charge >= 0.3 is 0 Å². The van der Waals surface area contributed by atoms with E-state index in [1.54, 1.807) is 0 Å². The maximum absolute atomic E-state index is 9.34. The van der Waals surface area contributed by atoms with Gasteiger partial charge in [-0.2, -0.15) is 0 Å². The Morgan fingerprint density at radius 2 is 2.00 bits per heavy atom. The Kier molecular flexibility index (Phi) is 4.01. The van der Waals surface area contributed by atoms with E-state index >= 15 is 0 Å². The van der Waals surface area contributed by atoms with Crippen LogP contribution in [-0.2, 0) is 6.42 Å². The highest BCUT2D eigenvalue weighted by Crippen LogP contribution is 2.38. The second kappa shape index (κ2) is 5.52. The molecule has 1 aromatic heterocycles. The first kappa shape index (κ1) is 13.1. The van der Waals surface area contributed by atoms with Gasteiger partial charge in [0.15, 0.2) is 0 Å². The summed E-state index contributed by atoms with van der Waals surface area (Å²) in [6.45, 7) is 5.17. The van der Waals surface area contributed by atoms with Crippen LogP contribution >= 0.6 is 0 Å². The monoisotopic (exact) mass is 250 g/mol. The van der Waals surface area contributed by atoms with E-state index in [0.717, 1.165) is 49.7 Å². The summed E-state index contributed by atoms with van der Waals surface area (Å²) < 4.78 is 0. The van der Waals surface area contributed by atoms with E-state index in [1.165, 1.54) is 0 Å². The minimum Gasteiger partial charge on any atom is -0.394 e. The first-order valence-corrected chi connectivity index (χ1v) is 6.72. The lowest BCUT2D eigenvalue weighted by Crippen LogP contribution is -2.26. The molecule has 1 saturated carbocycles. The van der Waals surface area contributed by atoms with Crippen LogP contribution in [0.25, 0.3) is 0 Å². The maximum atomic E-state index is 9.34. The summed E-state index contributed by atoms with van der Waals surface area (Å²) in [6.07, 6.45) is 3.92. The quantitative estimate of drug-likeness (QED) is 0.688. The van der Waals surface area contributed by atoms with Crippen LogP contribution in [0.4, 0.5) is 11.6 Å². The molecule has 100 valence electrons. The Bertz CT molecular complexity index is 380. The van der Waals surface area contributed by atoms with Gasteiger partial charge in [-0.3, -0.25) is 0 Å². The molecule has 0 amide bonds. The van der Waals surface area contributed by atoms with E-state index in [0.29, 0.717) is 0 Å². The van der Waals surface area contributed by atoms with Crippen LogP contribution in [0.3, 0.4) is 0 Å². The van der Waals surface area contributed by atoms with Crippen LogP contribution in [0.15, 0.2) is 6.07 Å². The number of aromatic nitrogens is 2. The minimum absolute atomic E-state index is 0.138. The molecule has 0 unspecified atom stereocenters. The molecule has 2 rings (SSSR count). The van der Waals surface area contributed by atoms with E-state index in [1.807, 2.05) is 13.0 Å². The summed E-state index contributed by atoms with van der Waals surface area (Å²) >= 11 is 0. The number of aliphatic hydroxyl groups excluding tert-OH is 1. The third-order valence-corrected chi connectivity index (χ3v) is 3.15. The van der Waals surface area contributed by atoms with E-state index in [4.69, 9.17) is 0 Å². The van der Waals surface area contributed by atoms with Gasteiger partial charge in [0.2, 0.25) is 0 Å². The lowest BCUT2D eigenvalue weighted by molar-refractivity contribution is 0.266. The Labute approximate surface area is 108 Å². The third-order valence-electron chi connectivity index (χ3n) is 3.15. The van der Waals surface area contributed by atoms with Gasteiger partial charge in [0.05, 0.1) is 12.1 Å². The first-order valence-electron chi connectivity index (χ1n) is 6.72. The zero-order valence-corrected chi connectivity index (χ0v) is 11.2. The van der Waals surface area contributed by atoms with Gasteiger partial charge in [0.25, 0.3) is 0 Å². The molecule has 0 bridgehead atoms. The summed E-state index contributed by atoms with van der Waals surface area (Å²) in [5, 5.41) is 15.9. The molecule has 5 nitrogen and oxygen atoms in total. The Morgan fingerprint density at radius 1 is 1.28 bits per heavy atom. The third kappa shape index (κ3) is 3.10. The number of rotatable bonds is 7. The van der Waals surface area contributed by atoms with Crippen molar-refractivity contribution >= 4 is 11.6 Å². The molecule has 0 radical (unpaired) electrons. The summed E-state index contributed by atoms with van der Waals surface area (Å²) in [5.41, 5.74) is -0.138. The SMILES string of the molecule is CCCc1nc(NCC)cc(NC2(CO)CC2)n1. The van der Waals surface area contributed by atoms with Crippen LogP contribution in [0.2, 0.25) is 0 Å². The fraction of sp³-hybridized carbons (Fsp3) is 0.692. The van der Waals surface area contributed by atoms with Gasteiger partial charge in [-0.25, -0.2) is 9.97 Å². The molecule has 1 fully saturated rings. The van der Waals surface area contributed by atoms with Gasteiger partial charge in [0.1, 0.15) is 17.5 Å². The Hall–Kier alpha value is -1.36. The second-order valence-electron chi connectivity index (χ2n) is 4.90. The number of hydrogen-bond donors (Lipinski definition) is 3. The normalized spacial score (nSPS) is 16.4. The zero-order chi connectivity index (χ0) is 13.0. The molecule has 1 aromatic rings. The van der Waals surface area contributed by atoms with Crippen LogP contribution in [0, 0.1) is 0 Å². The maximum Gasteiger partial charge on any atom is 0.133 e. The van der Waals surface area contributed by atoms with Gasteiger partial charge in [-0.15, -0.1) is 0 Å². The summed E-state index contributed by atoms with van der Waals surface area (Å²) in [5.74, 6) is 2.52. The smallest absolute Gasteiger partial charge is 0.133 e. The fourth-order valence-corrected chi connectivity index (χ4v) is 1.91. The van der Waals surface area contributed by atoms with Crippen molar-refractivity contribution in [2.24, 2.45) is 0 Å². The highest BCUT2D eigenvalue weighted by Gasteiger charge is 2.42. The number of hydrogen-bond acceptors (Lipinski definition) is 5. The van der Waals surface area contributed by atoms with Crippen LogP contribution in [0.5, 0.6) is 0 Å². The second-order valence-corrected chi connectivity index (χ2v) is 4.90. The summed E-state index contributed by atoms with van der Waals surface area (Å²) in [6, 6.07) is 1.92. The Balaban J connectivity index is 2.16. The number of aliphatic hydroxyl groups is 1. The van der Waals surface area contributed by atoms with Crippen molar-refractivity contribution in [3.05, 3.63) is 11.9 Å². The van der Waals surface area contributed by atoms with Crippen molar-refractivity contribution in [3.63, 3.8) is 0 Å². The van der Waals surface area contributed by atoms with Crippen molar-refractivity contribution in [2.75, 3.05) is 23.8 Å². The van der Waals surface area contributed by atoms with Crippen molar-refractivity contribution in [2.45, 2.75) is 45.1 Å². The first-order chi connectivity index (χ1) is 8.71. The topological polar surface area (TPSA) is 70.1 Å². The highest BCUT2D eigenvalue weighted by atomic mass is 16.3. The lowest BCUT2D eigenvalue weighted by Gasteiger charge is -2.16. The molecule has 3 N–H and O–H groups in total. The average molecular weight is 250 g/mol. The molecule has 0 aliphatic heterocycles. The van der Waals surface area contributed by atoms with E-state index < -0.39 is 0 Å². The van der Waals surface area contributed by atoms with Gasteiger partial charge in [-0.1, -0.05) is 6.92 Å². The molecular weight excluding hydrogens is 228 g/mol. The van der Waals surface area contributed by atoms with E-state index in [-0.39, 0.29) is 12.1 Å². The lowest BCUT2D eigenvalue weighted by atomic mass is 10.3. The number of aryl methyl sites for hydroxylation is 1.